The van der Waals surface area contributed by atoms with E-state index in [-0.39, 0.29) is 17.9 Å². The zero-order valence-corrected chi connectivity index (χ0v) is 19.5. The van der Waals surface area contributed by atoms with E-state index in [1.165, 1.54) is 11.3 Å². The van der Waals surface area contributed by atoms with Crippen molar-refractivity contribution in [2.45, 2.75) is 25.4 Å². The van der Waals surface area contributed by atoms with Crippen molar-refractivity contribution in [1.82, 2.24) is 25.0 Å². The average molecular weight is 480 g/mol. The number of carbonyl (C=O) groups is 2. The van der Waals surface area contributed by atoms with Crippen molar-refractivity contribution >= 4 is 23.2 Å². The molecule has 6 rings (SSSR count). The number of aromatic amines is 1. The standard InChI is InChI=1S/C24H25N5O4S/c30-23(18-2-1-10-32-18)28-6-8-29(9-7-28)24(31)22-27-21-17-4-3-15(16-13-25-26-14-16)12-19(17)33-11-5-20(21)34-22/h3-4,12-14,18H,1-2,5-11H2,(H,25,26)/t18-/m1/s1. The molecule has 0 spiro atoms. The molecule has 10 heteroatoms. The highest BCUT2D eigenvalue weighted by Gasteiger charge is 2.33. The number of nitrogens with one attached hydrogen (secondary N) is 1. The van der Waals surface area contributed by atoms with Crippen LogP contribution in [0.3, 0.4) is 0 Å². The molecule has 0 aliphatic carbocycles. The van der Waals surface area contributed by atoms with Crippen molar-refractivity contribution in [3.63, 3.8) is 0 Å². The molecule has 3 aliphatic heterocycles. The Labute approximate surface area is 200 Å². The summed E-state index contributed by atoms with van der Waals surface area (Å²) in [5, 5.41) is 7.35. The SMILES string of the molecule is O=C(c1nc2c(s1)CCOc1cc(-c3cn[nH]c3)ccc1-2)N1CCN(C(=O)[C@H]2CCCO2)CC1. The lowest BCUT2D eigenvalue weighted by atomic mass is 10.0. The molecule has 5 heterocycles. The number of ether oxygens (including phenoxy) is 2. The summed E-state index contributed by atoms with van der Waals surface area (Å²) in [6, 6.07) is 6.03. The summed E-state index contributed by atoms with van der Waals surface area (Å²) in [5.74, 6) is 0.750. The molecule has 0 radical (unpaired) electrons. The van der Waals surface area contributed by atoms with E-state index in [1.807, 2.05) is 29.3 Å². The maximum absolute atomic E-state index is 13.3. The van der Waals surface area contributed by atoms with Gasteiger partial charge in [0, 0.05) is 61.4 Å². The second kappa shape index (κ2) is 8.84. The molecule has 2 saturated heterocycles. The average Bonchev–Trinajstić information content (AvgIpc) is 3.64. The summed E-state index contributed by atoms with van der Waals surface area (Å²) in [6.07, 6.45) is 5.74. The minimum absolute atomic E-state index is 0.0527. The van der Waals surface area contributed by atoms with E-state index in [4.69, 9.17) is 14.5 Å². The summed E-state index contributed by atoms with van der Waals surface area (Å²) in [7, 11) is 0. The summed E-state index contributed by atoms with van der Waals surface area (Å²) in [5.41, 5.74) is 3.73. The molecule has 34 heavy (non-hydrogen) atoms. The van der Waals surface area contributed by atoms with Crippen molar-refractivity contribution < 1.29 is 19.1 Å². The summed E-state index contributed by atoms with van der Waals surface area (Å²) >= 11 is 1.45. The minimum atomic E-state index is -0.312. The van der Waals surface area contributed by atoms with Crippen LogP contribution in [0.4, 0.5) is 0 Å². The molecule has 176 valence electrons. The maximum Gasteiger partial charge on any atom is 0.282 e. The third kappa shape index (κ3) is 3.86. The van der Waals surface area contributed by atoms with Crippen molar-refractivity contribution in [2.75, 3.05) is 39.4 Å². The molecular weight excluding hydrogens is 454 g/mol. The second-order valence-electron chi connectivity index (χ2n) is 8.71. The topological polar surface area (TPSA) is 101 Å². The number of nitrogens with zero attached hydrogens (tertiary/aromatic N) is 4. The molecule has 1 aromatic carbocycles. The number of piperazine rings is 1. The molecule has 0 saturated carbocycles. The van der Waals surface area contributed by atoms with Crippen molar-refractivity contribution in [3.05, 3.63) is 40.5 Å². The number of H-pyrrole nitrogens is 1. The van der Waals surface area contributed by atoms with Crippen LogP contribution < -0.4 is 4.74 Å². The Hall–Kier alpha value is -3.24. The molecule has 1 atom stereocenters. The lowest BCUT2D eigenvalue weighted by Gasteiger charge is -2.35. The number of aromatic nitrogens is 3. The third-order valence-corrected chi connectivity index (χ3v) is 7.72. The van der Waals surface area contributed by atoms with Gasteiger partial charge in [-0.3, -0.25) is 14.7 Å². The van der Waals surface area contributed by atoms with Gasteiger partial charge in [-0.1, -0.05) is 6.07 Å². The fraction of sp³-hybridized carbons (Fsp3) is 0.417. The molecule has 2 fully saturated rings. The van der Waals surface area contributed by atoms with Crippen molar-refractivity contribution in [3.8, 4) is 28.1 Å². The van der Waals surface area contributed by atoms with E-state index >= 15 is 0 Å². The minimum Gasteiger partial charge on any atom is -0.492 e. The van der Waals surface area contributed by atoms with Gasteiger partial charge >= 0.3 is 0 Å². The van der Waals surface area contributed by atoms with Gasteiger partial charge in [-0.2, -0.15) is 5.10 Å². The Bertz CT molecular complexity index is 1210. The lowest BCUT2D eigenvalue weighted by molar-refractivity contribution is -0.142. The summed E-state index contributed by atoms with van der Waals surface area (Å²) < 4.78 is 11.5. The highest BCUT2D eigenvalue weighted by Crippen LogP contribution is 2.39. The number of thiazole rings is 1. The number of rotatable bonds is 3. The molecule has 9 nitrogen and oxygen atoms in total. The molecule has 3 aliphatic rings. The molecule has 3 aromatic rings. The van der Waals surface area contributed by atoms with Crippen LogP contribution in [0.15, 0.2) is 30.6 Å². The van der Waals surface area contributed by atoms with Crippen LogP contribution in [0.2, 0.25) is 0 Å². The Morgan fingerprint density at radius 2 is 1.94 bits per heavy atom. The lowest BCUT2D eigenvalue weighted by Crippen LogP contribution is -2.52. The van der Waals surface area contributed by atoms with Gasteiger partial charge in [0.15, 0.2) is 5.01 Å². The number of hydrogen-bond donors (Lipinski definition) is 1. The Balaban J connectivity index is 1.19. The van der Waals surface area contributed by atoms with Gasteiger partial charge in [0.2, 0.25) is 0 Å². The Kier molecular flexibility index (Phi) is 5.54. The maximum atomic E-state index is 13.3. The number of amides is 2. The van der Waals surface area contributed by atoms with E-state index < -0.39 is 0 Å². The number of fused-ring (bicyclic) bond motifs is 3. The molecular formula is C24H25N5O4S. The first-order valence-corrected chi connectivity index (χ1v) is 12.4. The second-order valence-corrected chi connectivity index (χ2v) is 9.79. The van der Waals surface area contributed by atoms with Crippen LogP contribution in [-0.2, 0) is 16.0 Å². The monoisotopic (exact) mass is 479 g/mol. The quantitative estimate of drug-likeness (QED) is 0.620. The highest BCUT2D eigenvalue weighted by molar-refractivity contribution is 7.14. The Morgan fingerprint density at radius 3 is 2.71 bits per heavy atom. The number of carbonyl (C=O) groups excluding carboxylic acids is 2. The van der Waals surface area contributed by atoms with Crippen LogP contribution >= 0.6 is 11.3 Å². The van der Waals surface area contributed by atoms with Crippen LogP contribution in [0, 0.1) is 0 Å². The van der Waals surface area contributed by atoms with Gasteiger partial charge in [-0.15, -0.1) is 11.3 Å². The van der Waals surface area contributed by atoms with Gasteiger partial charge < -0.3 is 19.3 Å². The number of benzene rings is 1. The summed E-state index contributed by atoms with van der Waals surface area (Å²) in [4.78, 5) is 35.3. The van der Waals surface area contributed by atoms with E-state index in [0.717, 1.165) is 45.9 Å². The fourth-order valence-electron chi connectivity index (χ4n) is 4.74. The van der Waals surface area contributed by atoms with Gasteiger partial charge in [0.25, 0.3) is 11.8 Å². The van der Waals surface area contributed by atoms with Gasteiger partial charge in [0.05, 0.1) is 18.5 Å². The largest absolute Gasteiger partial charge is 0.492 e. The van der Waals surface area contributed by atoms with E-state index in [9.17, 15) is 9.59 Å². The molecule has 2 aromatic heterocycles. The van der Waals surface area contributed by atoms with Gasteiger partial charge in [-0.05, 0) is 30.5 Å². The van der Waals surface area contributed by atoms with Crippen molar-refractivity contribution in [1.29, 1.82) is 0 Å². The highest BCUT2D eigenvalue weighted by atomic mass is 32.1. The van der Waals surface area contributed by atoms with Gasteiger partial charge in [-0.25, -0.2) is 4.98 Å². The fourth-order valence-corrected chi connectivity index (χ4v) is 5.77. The van der Waals surface area contributed by atoms with Crippen LogP contribution in [0.25, 0.3) is 22.4 Å². The molecule has 2 amide bonds. The van der Waals surface area contributed by atoms with Crippen LogP contribution in [-0.4, -0.2) is 82.3 Å². The van der Waals surface area contributed by atoms with Crippen LogP contribution in [0.1, 0.15) is 27.5 Å². The zero-order valence-electron chi connectivity index (χ0n) is 18.7. The molecule has 0 bridgehead atoms. The smallest absolute Gasteiger partial charge is 0.282 e. The van der Waals surface area contributed by atoms with Crippen molar-refractivity contribution in [2.24, 2.45) is 0 Å². The van der Waals surface area contributed by atoms with Gasteiger partial charge in [0.1, 0.15) is 11.9 Å². The third-order valence-electron chi connectivity index (χ3n) is 6.62. The first-order chi connectivity index (χ1) is 16.7. The van der Waals surface area contributed by atoms with E-state index in [1.54, 1.807) is 11.1 Å². The predicted molar refractivity (Wildman–Crippen MR) is 126 cm³/mol. The zero-order chi connectivity index (χ0) is 23.1. The predicted octanol–water partition coefficient (Wildman–Crippen LogP) is 2.60. The molecule has 1 N–H and O–H groups in total. The first-order valence-electron chi connectivity index (χ1n) is 11.6. The Morgan fingerprint density at radius 1 is 1.09 bits per heavy atom. The normalized spacial score (nSPS) is 19.8. The molecule has 0 unspecified atom stereocenters. The van der Waals surface area contributed by atoms with E-state index in [2.05, 4.69) is 10.2 Å². The first kappa shape index (κ1) is 21.3. The number of hydrogen-bond acceptors (Lipinski definition) is 7. The van der Waals surface area contributed by atoms with E-state index in [0.29, 0.717) is 50.8 Å². The summed E-state index contributed by atoms with van der Waals surface area (Å²) in [6.45, 7) is 3.27. The van der Waals surface area contributed by atoms with Crippen LogP contribution in [0.5, 0.6) is 5.75 Å².